The molecule has 0 aromatic heterocycles. The largest absolute Gasteiger partial charge is 0.471 e. The number of rotatable bonds is 3. The zero-order chi connectivity index (χ0) is 10.6. The first-order valence-electron chi connectivity index (χ1n) is 4.57. The van der Waals surface area contributed by atoms with Crippen molar-refractivity contribution in [2.24, 2.45) is 0 Å². The van der Waals surface area contributed by atoms with Crippen molar-refractivity contribution in [2.45, 2.75) is 19.0 Å². The maximum Gasteiger partial charge on any atom is 0.471 e. The molecule has 0 atom stereocenters. The lowest BCUT2D eigenvalue weighted by molar-refractivity contribution is -0.173. The number of likely N-dealkylation sites (tertiary alicyclic amines) is 1. The minimum absolute atomic E-state index is 0.0678. The average molecular weight is 210 g/mol. The third kappa shape index (κ3) is 3.53. The van der Waals surface area contributed by atoms with Crippen LogP contribution >= 0.6 is 0 Å². The highest BCUT2D eigenvalue weighted by Gasteiger charge is 2.38. The molecule has 1 aliphatic heterocycles. The van der Waals surface area contributed by atoms with Crippen molar-refractivity contribution >= 4 is 5.91 Å². The molecule has 3 nitrogen and oxygen atoms in total. The average Bonchev–Trinajstić information content (AvgIpc) is 2.55. The highest BCUT2D eigenvalue weighted by atomic mass is 19.4. The maximum atomic E-state index is 11.7. The number of hydrogen-bond donors (Lipinski definition) is 1. The normalized spacial score (nSPS) is 18.5. The number of alkyl halides is 3. The summed E-state index contributed by atoms with van der Waals surface area (Å²) in [5.74, 6) is -1.85. The van der Waals surface area contributed by atoms with Crippen LogP contribution in [0.2, 0.25) is 0 Å². The number of halogens is 3. The van der Waals surface area contributed by atoms with Crippen molar-refractivity contribution in [3.63, 3.8) is 0 Å². The van der Waals surface area contributed by atoms with Gasteiger partial charge in [0.05, 0.1) is 0 Å². The summed E-state index contributed by atoms with van der Waals surface area (Å²) in [5.41, 5.74) is 0. The summed E-state index contributed by atoms with van der Waals surface area (Å²) in [6.45, 7) is 2.41. The van der Waals surface area contributed by atoms with Crippen molar-refractivity contribution in [1.82, 2.24) is 10.2 Å². The topological polar surface area (TPSA) is 32.3 Å². The van der Waals surface area contributed by atoms with Gasteiger partial charge in [0.15, 0.2) is 0 Å². The molecular formula is C8H13F3N2O. The van der Waals surface area contributed by atoms with Crippen LogP contribution < -0.4 is 5.32 Å². The zero-order valence-corrected chi connectivity index (χ0v) is 7.73. The molecule has 0 aromatic rings. The second kappa shape index (κ2) is 4.63. The van der Waals surface area contributed by atoms with E-state index in [1.54, 1.807) is 0 Å². The first-order valence-corrected chi connectivity index (χ1v) is 4.57. The number of hydrogen-bond acceptors (Lipinski definition) is 2. The maximum absolute atomic E-state index is 11.7. The fourth-order valence-corrected chi connectivity index (χ4v) is 1.43. The van der Waals surface area contributed by atoms with E-state index in [2.05, 4.69) is 0 Å². The van der Waals surface area contributed by atoms with Crippen molar-refractivity contribution in [3.05, 3.63) is 0 Å². The molecule has 0 bridgehead atoms. The van der Waals surface area contributed by atoms with Gasteiger partial charge in [0.25, 0.3) is 0 Å². The van der Waals surface area contributed by atoms with Crippen molar-refractivity contribution in [3.8, 4) is 0 Å². The number of amides is 1. The summed E-state index contributed by atoms with van der Waals surface area (Å²) in [7, 11) is 0. The molecular weight excluding hydrogens is 197 g/mol. The van der Waals surface area contributed by atoms with Crippen LogP contribution in [0.4, 0.5) is 13.2 Å². The molecule has 14 heavy (non-hydrogen) atoms. The molecule has 1 aliphatic rings. The van der Waals surface area contributed by atoms with E-state index in [0.717, 1.165) is 25.9 Å². The lowest BCUT2D eigenvalue weighted by Gasteiger charge is -2.15. The molecule has 1 saturated heterocycles. The molecule has 0 unspecified atom stereocenters. The van der Waals surface area contributed by atoms with Gasteiger partial charge in [-0.2, -0.15) is 13.2 Å². The Morgan fingerprint density at radius 3 is 2.36 bits per heavy atom. The Kier molecular flexibility index (Phi) is 3.74. The van der Waals surface area contributed by atoms with Gasteiger partial charge in [0.2, 0.25) is 0 Å². The Hall–Kier alpha value is -0.780. The molecule has 0 radical (unpaired) electrons. The van der Waals surface area contributed by atoms with Gasteiger partial charge < -0.3 is 10.2 Å². The van der Waals surface area contributed by atoms with Crippen LogP contribution in [-0.4, -0.2) is 43.2 Å². The van der Waals surface area contributed by atoms with Gasteiger partial charge in [-0.25, -0.2) is 0 Å². The standard InChI is InChI=1S/C8H13F3N2O/c9-8(10,11)7(14)12-3-6-13-4-1-2-5-13/h1-6H2,(H,12,14). The number of carbonyl (C=O) groups is 1. The van der Waals surface area contributed by atoms with Crippen molar-refractivity contribution in [2.75, 3.05) is 26.2 Å². The van der Waals surface area contributed by atoms with Gasteiger partial charge in [-0.05, 0) is 25.9 Å². The first-order chi connectivity index (χ1) is 6.50. The Morgan fingerprint density at radius 2 is 1.86 bits per heavy atom. The van der Waals surface area contributed by atoms with E-state index in [1.807, 2.05) is 10.2 Å². The fourth-order valence-electron chi connectivity index (χ4n) is 1.43. The highest BCUT2D eigenvalue weighted by Crippen LogP contribution is 2.13. The predicted molar refractivity (Wildman–Crippen MR) is 44.7 cm³/mol. The number of nitrogens with zero attached hydrogens (tertiary/aromatic N) is 1. The first kappa shape index (κ1) is 11.3. The third-order valence-electron chi connectivity index (χ3n) is 2.17. The summed E-state index contributed by atoms with van der Waals surface area (Å²) in [6.07, 6.45) is -2.58. The molecule has 0 spiro atoms. The molecule has 1 fully saturated rings. The summed E-state index contributed by atoms with van der Waals surface area (Å²) in [4.78, 5) is 12.4. The third-order valence-corrected chi connectivity index (χ3v) is 2.17. The van der Waals surface area contributed by atoms with Crippen LogP contribution in [-0.2, 0) is 4.79 Å². The Balaban J connectivity index is 2.11. The van der Waals surface area contributed by atoms with E-state index in [4.69, 9.17) is 0 Å². The van der Waals surface area contributed by atoms with E-state index in [9.17, 15) is 18.0 Å². The van der Waals surface area contributed by atoms with Gasteiger partial charge in [-0.15, -0.1) is 0 Å². The summed E-state index contributed by atoms with van der Waals surface area (Å²) in [5, 5.41) is 1.84. The van der Waals surface area contributed by atoms with Crippen molar-refractivity contribution < 1.29 is 18.0 Å². The zero-order valence-electron chi connectivity index (χ0n) is 7.73. The molecule has 6 heteroatoms. The van der Waals surface area contributed by atoms with Crippen LogP contribution in [0.15, 0.2) is 0 Å². The molecule has 0 aromatic carbocycles. The lowest BCUT2D eigenvalue weighted by Crippen LogP contribution is -2.40. The Labute approximate surface area is 80.3 Å². The van der Waals surface area contributed by atoms with Crippen LogP contribution in [0, 0.1) is 0 Å². The van der Waals surface area contributed by atoms with Gasteiger partial charge in [0, 0.05) is 13.1 Å². The minimum atomic E-state index is -4.76. The lowest BCUT2D eigenvalue weighted by atomic mass is 10.4. The second-order valence-corrected chi connectivity index (χ2v) is 3.30. The van der Waals surface area contributed by atoms with Crippen LogP contribution in [0.1, 0.15) is 12.8 Å². The fraction of sp³-hybridized carbons (Fsp3) is 0.875. The van der Waals surface area contributed by atoms with Gasteiger partial charge in [-0.3, -0.25) is 4.79 Å². The smallest absolute Gasteiger partial charge is 0.347 e. The van der Waals surface area contributed by atoms with E-state index in [0.29, 0.717) is 6.54 Å². The number of carbonyl (C=O) groups excluding carboxylic acids is 1. The molecule has 1 amide bonds. The molecule has 82 valence electrons. The quantitative estimate of drug-likeness (QED) is 0.745. The highest BCUT2D eigenvalue weighted by molar-refractivity contribution is 5.81. The van der Waals surface area contributed by atoms with E-state index in [1.165, 1.54) is 0 Å². The molecule has 1 heterocycles. The van der Waals surface area contributed by atoms with Crippen LogP contribution in [0.3, 0.4) is 0 Å². The molecule has 1 rings (SSSR count). The minimum Gasteiger partial charge on any atom is -0.347 e. The van der Waals surface area contributed by atoms with Crippen LogP contribution in [0.25, 0.3) is 0 Å². The second-order valence-electron chi connectivity index (χ2n) is 3.30. The van der Waals surface area contributed by atoms with Gasteiger partial charge >= 0.3 is 12.1 Å². The van der Waals surface area contributed by atoms with Gasteiger partial charge in [-0.1, -0.05) is 0 Å². The SMILES string of the molecule is O=C(NCCN1CCCC1)C(F)(F)F. The predicted octanol–water partition coefficient (Wildman–Crippen LogP) is 0.761. The van der Waals surface area contributed by atoms with E-state index < -0.39 is 12.1 Å². The van der Waals surface area contributed by atoms with Gasteiger partial charge in [0.1, 0.15) is 0 Å². The monoisotopic (exact) mass is 210 g/mol. The summed E-state index contributed by atoms with van der Waals surface area (Å²) < 4.78 is 35.2. The molecule has 0 aliphatic carbocycles. The summed E-state index contributed by atoms with van der Waals surface area (Å²) >= 11 is 0. The Morgan fingerprint density at radius 1 is 1.29 bits per heavy atom. The Bertz CT molecular complexity index is 199. The molecule has 0 saturated carbocycles. The van der Waals surface area contributed by atoms with E-state index in [-0.39, 0.29) is 6.54 Å². The van der Waals surface area contributed by atoms with E-state index >= 15 is 0 Å². The summed E-state index contributed by atoms with van der Waals surface area (Å²) in [6, 6.07) is 0. The van der Waals surface area contributed by atoms with Crippen molar-refractivity contribution in [1.29, 1.82) is 0 Å². The molecule has 1 N–H and O–H groups in total. The number of nitrogens with one attached hydrogen (secondary N) is 1. The van der Waals surface area contributed by atoms with Crippen LogP contribution in [0.5, 0.6) is 0 Å².